The molecule has 0 N–H and O–H groups in total. The van der Waals surface area contributed by atoms with Crippen LogP contribution >= 0.6 is 0 Å². The van der Waals surface area contributed by atoms with Gasteiger partial charge in [0.15, 0.2) is 0 Å². The van der Waals surface area contributed by atoms with E-state index in [4.69, 9.17) is 4.74 Å². The average molecular weight is 665 g/mol. The van der Waals surface area contributed by atoms with Gasteiger partial charge in [0.25, 0.3) is 0 Å². The van der Waals surface area contributed by atoms with Crippen LogP contribution in [0, 0.1) is 50.2 Å². The van der Waals surface area contributed by atoms with Crippen molar-refractivity contribution in [2.45, 2.75) is 223 Å². The number of fused-ring (bicyclic) bond motifs is 7. The molecule has 5 aliphatic rings. The predicted octanol–water partition coefficient (Wildman–Crippen LogP) is 14.2. The van der Waals surface area contributed by atoms with Crippen LogP contribution in [0.4, 0.5) is 0 Å². The maximum absolute atomic E-state index is 13.2. The second-order valence-electron chi connectivity index (χ2n) is 20.7. The maximum atomic E-state index is 13.2. The van der Waals surface area contributed by atoms with Gasteiger partial charge in [0.1, 0.15) is 6.10 Å². The molecule has 0 aliphatic heterocycles. The summed E-state index contributed by atoms with van der Waals surface area (Å²) in [6.07, 6.45) is 34.0. The van der Waals surface area contributed by atoms with Crippen LogP contribution in [0.1, 0.15) is 216 Å². The minimum Gasteiger partial charge on any atom is -0.462 e. The summed E-state index contributed by atoms with van der Waals surface area (Å²) in [4.78, 5) is 13.2. The minimum absolute atomic E-state index is 0.0312. The number of hydrogen-bond donors (Lipinski definition) is 0. The van der Waals surface area contributed by atoms with Crippen molar-refractivity contribution in [3.05, 3.63) is 11.6 Å². The summed E-state index contributed by atoms with van der Waals surface area (Å²) in [7, 11) is 0. The van der Waals surface area contributed by atoms with E-state index in [2.05, 4.69) is 68.4 Å². The van der Waals surface area contributed by atoms with Gasteiger partial charge in [-0.15, -0.1) is 0 Å². The summed E-state index contributed by atoms with van der Waals surface area (Å²) in [5.74, 6) is 2.18. The lowest BCUT2D eigenvalue weighted by Gasteiger charge is -2.71. The number of carbonyl (C=O) groups excluding carboxylic acids is 1. The van der Waals surface area contributed by atoms with E-state index in [9.17, 15) is 4.79 Å². The lowest BCUT2D eigenvalue weighted by atomic mass is 9.33. The molecule has 8 atom stereocenters. The van der Waals surface area contributed by atoms with Crippen molar-refractivity contribution in [3.8, 4) is 0 Å². The largest absolute Gasteiger partial charge is 0.462 e. The second kappa shape index (κ2) is 15.1. The van der Waals surface area contributed by atoms with Gasteiger partial charge in [-0.3, -0.25) is 4.79 Å². The Morgan fingerprint density at radius 3 is 1.90 bits per heavy atom. The summed E-state index contributed by atoms with van der Waals surface area (Å²) < 4.78 is 6.41. The monoisotopic (exact) mass is 665 g/mol. The molecule has 4 fully saturated rings. The molecule has 0 aromatic carbocycles. The van der Waals surface area contributed by atoms with E-state index >= 15 is 0 Å². The first kappa shape index (κ1) is 38.4. The highest BCUT2D eigenvalue weighted by Gasteiger charge is 2.68. The molecular formula is C46H80O2. The Kier molecular flexibility index (Phi) is 12.1. The third kappa shape index (κ3) is 7.41. The van der Waals surface area contributed by atoms with Crippen LogP contribution in [-0.4, -0.2) is 12.1 Å². The van der Waals surface area contributed by atoms with Gasteiger partial charge in [-0.2, -0.15) is 0 Å². The number of rotatable bonds is 15. The molecule has 4 saturated carbocycles. The maximum Gasteiger partial charge on any atom is 0.306 e. The zero-order chi connectivity index (χ0) is 34.8. The lowest BCUT2D eigenvalue weighted by Crippen LogP contribution is -2.64. The highest BCUT2D eigenvalue weighted by atomic mass is 16.5. The van der Waals surface area contributed by atoms with E-state index in [1.807, 2.05) is 5.57 Å². The first-order chi connectivity index (χ1) is 22.6. The van der Waals surface area contributed by atoms with Crippen LogP contribution in [0.15, 0.2) is 11.6 Å². The topological polar surface area (TPSA) is 26.3 Å². The Morgan fingerprint density at radius 1 is 0.688 bits per heavy atom. The van der Waals surface area contributed by atoms with E-state index in [1.165, 1.54) is 135 Å². The fraction of sp³-hybridized carbons (Fsp3) is 0.935. The van der Waals surface area contributed by atoms with Crippen molar-refractivity contribution in [3.63, 3.8) is 0 Å². The number of allylic oxidation sites excluding steroid dienone is 2. The number of unbranched alkanes of at least 4 members (excludes halogenated alkanes) is 12. The summed E-state index contributed by atoms with van der Waals surface area (Å²) in [5.41, 5.74) is 3.87. The molecule has 5 aliphatic carbocycles. The molecule has 0 bridgehead atoms. The van der Waals surface area contributed by atoms with Crippen molar-refractivity contribution >= 4 is 5.97 Å². The van der Waals surface area contributed by atoms with Gasteiger partial charge in [0.05, 0.1) is 0 Å². The van der Waals surface area contributed by atoms with E-state index in [0.29, 0.717) is 39.4 Å². The Hall–Kier alpha value is -0.790. The van der Waals surface area contributed by atoms with Crippen molar-refractivity contribution < 1.29 is 9.53 Å². The molecule has 0 amide bonds. The first-order valence-corrected chi connectivity index (χ1v) is 21.5. The van der Waals surface area contributed by atoms with Crippen molar-refractivity contribution in [1.29, 1.82) is 0 Å². The van der Waals surface area contributed by atoms with Crippen LogP contribution in [0.5, 0.6) is 0 Å². The molecular weight excluding hydrogens is 585 g/mol. The van der Waals surface area contributed by atoms with Gasteiger partial charge in [-0.25, -0.2) is 0 Å². The summed E-state index contributed by atoms with van der Waals surface area (Å²) in [6, 6.07) is 0. The van der Waals surface area contributed by atoms with E-state index in [0.717, 1.165) is 24.7 Å². The highest BCUT2D eigenvalue weighted by molar-refractivity contribution is 5.69. The standard InChI is InChI=1S/C46H80O2/c1-10-11-12-13-14-15-16-17-18-19-20-21-22-23-40(47)48-39-27-28-44(7)37(42(39,4)5)26-29-46(9)38(44)25-24-35-36-34-41(2,3)30-31-43(36,6)32-33-45(35,46)8/h24,36-39H,10-23,25-34H2,1-9H3/t36-,37-,38+,39-,43+,44-,45+,46+/m1/s1. The molecule has 0 aromatic heterocycles. The van der Waals surface area contributed by atoms with Gasteiger partial charge < -0.3 is 4.74 Å². The minimum atomic E-state index is 0.0312. The van der Waals surface area contributed by atoms with Gasteiger partial charge in [-0.05, 0) is 115 Å². The summed E-state index contributed by atoms with van der Waals surface area (Å²) >= 11 is 0. The molecule has 276 valence electrons. The first-order valence-electron chi connectivity index (χ1n) is 21.5. The van der Waals surface area contributed by atoms with E-state index < -0.39 is 0 Å². The summed E-state index contributed by atoms with van der Waals surface area (Å²) in [6.45, 7) is 23.0. The zero-order valence-corrected chi connectivity index (χ0v) is 33.7. The third-order valence-corrected chi connectivity index (χ3v) is 16.8. The van der Waals surface area contributed by atoms with Crippen molar-refractivity contribution in [2.75, 3.05) is 0 Å². The Morgan fingerprint density at radius 2 is 1.27 bits per heavy atom. The van der Waals surface area contributed by atoms with Gasteiger partial charge in [-0.1, -0.05) is 151 Å². The molecule has 0 spiro atoms. The highest BCUT2D eigenvalue weighted by Crippen LogP contribution is 2.75. The molecule has 48 heavy (non-hydrogen) atoms. The molecule has 0 radical (unpaired) electrons. The van der Waals surface area contributed by atoms with Crippen molar-refractivity contribution in [2.24, 2.45) is 50.2 Å². The molecule has 0 heterocycles. The SMILES string of the molecule is CCCCCCCCCCCCCCCC(=O)O[C@@H]1CC[C@]2(C)[C@H](CC[C@@]3(C)[C@H]2CC=C2[C@H]4CC(C)(C)CC[C@@]4(C)CC[C@@]23C)C1(C)C. The van der Waals surface area contributed by atoms with Crippen LogP contribution in [-0.2, 0) is 9.53 Å². The molecule has 0 aromatic rings. The number of carbonyl (C=O) groups is 1. The van der Waals surface area contributed by atoms with Gasteiger partial charge in [0, 0.05) is 11.8 Å². The quantitative estimate of drug-likeness (QED) is 0.0989. The number of hydrogen-bond acceptors (Lipinski definition) is 2. The normalized spacial score (nSPS) is 39.7. The second-order valence-corrected chi connectivity index (χ2v) is 20.7. The average Bonchev–Trinajstić information content (AvgIpc) is 3.02. The summed E-state index contributed by atoms with van der Waals surface area (Å²) in [5, 5.41) is 0. The predicted molar refractivity (Wildman–Crippen MR) is 205 cm³/mol. The van der Waals surface area contributed by atoms with Crippen molar-refractivity contribution in [1.82, 2.24) is 0 Å². The molecule has 0 saturated heterocycles. The van der Waals surface area contributed by atoms with Crippen LogP contribution in [0.2, 0.25) is 0 Å². The molecule has 0 unspecified atom stereocenters. The van der Waals surface area contributed by atoms with E-state index in [1.54, 1.807) is 0 Å². The van der Waals surface area contributed by atoms with Gasteiger partial charge in [0.2, 0.25) is 0 Å². The third-order valence-electron chi connectivity index (χ3n) is 16.8. The fourth-order valence-electron chi connectivity index (χ4n) is 13.2. The van der Waals surface area contributed by atoms with Crippen LogP contribution < -0.4 is 0 Å². The smallest absolute Gasteiger partial charge is 0.306 e. The number of ether oxygens (including phenoxy) is 1. The van der Waals surface area contributed by atoms with Crippen LogP contribution in [0.3, 0.4) is 0 Å². The van der Waals surface area contributed by atoms with Gasteiger partial charge >= 0.3 is 5.97 Å². The lowest BCUT2D eigenvalue weighted by molar-refractivity contribution is -0.212. The molecule has 2 nitrogen and oxygen atoms in total. The fourth-order valence-corrected chi connectivity index (χ4v) is 13.2. The number of esters is 1. The molecule has 2 heteroatoms. The Bertz CT molecular complexity index is 1120. The zero-order valence-electron chi connectivity index (χ0n) is 33.7. The van der Waals surface area contributed by atoms with Crippen LogP contribution in [0.25, 0.3) is 0 Å². The molecule has 5 rings (SSSR count). The Balaban J connectivity index is 1.12. The van der Waals surface area contributed by atoms with E-state index in [-0.39, 0.29) is 17.5 Å². The Labute approximate surface area is 299 Å².